The largest absolute Gasteiger partial charge is 0.349 e. The standard InChI is InChI=1S/C17H24N6S.HI/c1-18-17(19-10-16-21-20-13-22(16)2)23-9-8-14(11-23)12-24-15-6-4-3-5-7-15;/h3-7,13-14H,8-12H2,1-2H3,(H,18,19);1H. The van der Waals surface area contributed by atoms with E-state index >= 15 is 0 Å². The van der Waals surface area contributed by atoms with Crippen LogP contribution in [0.5, 0.6) is 0 Å². The van der Waals surface area contributed by atoms with Crippen LogP contribution in [0.3, 0.4) is 0 Å². The normalized spacial score (nSPS) is 17.4. The Kier molecular flexibility index (Phi) is 8.01. The van der Waals surface area contributed by atoms with E-state index in [9.17, 15) is 0 Å². The Bertz CT molecular complexity index is 675. The summed E-state index contributed by atoms with van der Waals surface area (Å²) in [6, 6.07) is 10.6. The molecule has 1 unspecified atom stereocenters. The first-order valence-electron chi connectivity index (χ1n) is 8.22. The molecule has 1 saturated heterocycles. The number of aromatic nitrogens is 3. The molecule has 0 radical (unpaired) electrons. The highest BCUT2D eigenvalue weighted by molar-refractivity contribution is 14.0. The van der Waals surface area contributed by atoms with Crippen molar-refractivity contribution in [3.63, 3.8) is 0 Å². The third kappa shape index (κ3) is 5.60. The van der Waals surface area contributed by atoms with Crippen LogP contribution in [-0.4, -0.2) is 51.5 Å². The van der Waals surface area contributed by atoms with E-state index in [2.05, 4.69) is 55.7 Å². The summed E-state index contributed by atoms with van der Waals surface area (Å²) < 4.78 is 1.92. The Labute approximate surface area is 170 Å². The number of likely N-dealkylation sites (tertiary alicyclic amines) is 1. The molecular formula is C17H25IN6S. The number of nitrogens with one attached hydrogen (secondary N) is 1. The van der Waals surface area contributed by atoms with E-state index in [-0.39, 0.29) is 24.0 Å². The lowest BCUT2D eigenvalue weighted by atomic mass is 10.2. The van der Waals surface area contributed by atoms with Crippen LogP contribution in [0, 0.1) is 5.92 Å². The van der Waals surface area contributed by atoms with Gasteiger partial charge in [0, 0.05) is 37.8 Å². The lowest BCUT2D eigenvalue weighted by Crippen LogP contribution is -2.40. The van der Waals surface area contributed by atoms with Gasteiger partial charge < -0.3 is 14.8 Å². The zero-order chi connectivity index (χ0) is 16.8. The fourth-order valence-electron chi connectivity index (χ4n) is 2.85. The maximum Gasteiger partial charge on any atom is 0.194 e. The van der Waals surface area contributed by atoms with Gasteiger partial charge in [0.25, 0.3) is 0 Å². The van der Waals surface area contributed by atoms with E-state index in [1.807, 2.05) is 30.4 Å². The molecule has 25 heavy (non-hydrogen) atoms. The summed E-state index contributed by atoms with van der Waals surface area (Å²) in [5, 5.41) is 11.4. The molecule has 8 heteroatoms. The molecule has 0 bridgehead atoms. The quantitative estimate of drug-likeness (QED) is 0.314. The van der Waals surface area contributed by atoms with E-state index in [1.54, 1.807) is 6.33 Å². The summed E-state index contributed by atoms with van der Waals surface area (Å²) in [4.78, 5) is 8.11. The number of rotatable bonds is 5. The molecule has 1 aliphatic rings. The summed E-state index contributed by atoms with van der Waals surface area (Å²) in [7, 11) is 3.79. The van der Waals surface area contributed by atoms with Crippen LogP contribution in [0.4, 0.5) is 0 Å². The second-order valence-corrected chi connectivity index (χ2v) is 7.08. The average Bonchev–Trinajstić information content (AvgIpc) is 3.24. The van der Waals surface area contributed by atoms with Crippen LogP contribution < -0.4 is 5.32 Å². The molecule has 1 N–H and O–H groups in total. The molecular weight excluding hydrogens is 447 g/mol. The molecule has 0 spiro atoms. The number of hydrogen-bond donors (Lipinski definition) is 1. The Morgan fingerprint density at radius 3 is 2.84 bits per heavy atom. The van der Waals surface area contributed by atoms with Gasteiger partial charge >= 0.3 is 0 Å². The third-order valence-electron chi connectivity index (χ3n) is 4.24. The van der Waals surface area contributed by atoms with Gasteiger partial charge in [0.05, 0.1) is 6.54 Å². The van der Waals surface area contributed by atoms with Crippen LogP contribution in [0.2, 0.25) is 0 Å². The Balaban J connectivity index is 0.00000225. The van der Waals surface area contributed by atoms with Crippen LogP contribution >= 0.6 is 35.7 Å². The Morgan fingerprint density at radius 2 is 2.16 bits per heavy atom. The van der Waals surface area contributed by atoms with Gasteiger partial charge in [-0.25, -0.2) is 0 Å². The molecule has 0 saturated carbocycles. The van der Waals surface area contributed by atoms with Crippen molar-refractivity contribution in [2.24, 2.45) is 18.0 Å². The fourth-order valence-corrected chi connectivity index (χ4v) is 3.90. The highest BCUT2D eigenvalue weighted by Gasteiger charge is 2.25. The molecule has 6 nitrogen and oxygen atoms in total. The number of benzene rings is 1. The molecule has 1 atom stereocenters. The summed E-state index contributed by atoms with van der Waals surface area (Å²) in [6.45, 7) is 2.75. The van der Waals surface area contributed by atoms with E-state index < -0.39 is 0 Å². The van der Waals surface area contributed by atoms with Crippen molar-refractivity contribution in [3.05, 3.63) is 42.5 Å². The molecule has 1 fully saturated rings. The SMILES string of the molecule is CN=C(NCc1nncn1C)N1CCC(CSc2ccccc2)C1.I. The van der Waals surface area contributed by atoms with Crippen LogP contribution in [-0.2, 0) is 13.6 Å². The smallest absolute Gasteiger partial charge is 0.194 e. The number of aryl methyl sites for hydroxylation is 1. The number of hydrogen-bond acceptors (Lipinski definition) is 4. The molecule has 1 aromatic carbocycles. The zero-order valence-electron chi connectivity index (χ0n) is 14.6. The van der Waals surface area contributed by atoms with Gasteiger partial charge in [0.15, 0.2) is 11.8 Å². The summed E-state index contributed by atoms with van der Waals surface area (Å²) in [5.41, 5.74) is 0. The number of aliphatic imine (C=N–C) groups is 1. The second-order valence-electron chi connectivity index (χ2n) is 5.98. The monoisotopic (exact) mass is 472 g/mol. The third-order valence-corrected chi connectivity index (χ3v) is 5.48. The van der Waals surface area contributed by atoms with E-state index in [0.29, 0.717) is 12.5 Å². The molecule has 2 heterocycles. The van der Waals surface area contributed by atoms with Gasteiger partial charge in [-0.05, 0) is 24.5 Å². The minimum atomic E-state index is 0. The van der Waals surface area contributed by atoms with Crippen molar-refractivity contribution < 1.29 is 0 Å². The van der Waals surface area contributed by atoms with Crippen molar-refractivity contribution in [2.75, 3.05) is 25.9 Å². The van der Waals surface area contributed by atoms with Crippen molar-refractivity contribution in [1.82, 2.24) is 25.0 Å². The molecule has 136 valence electrons. The summed E-state index contributed by atoms with van der Waals surface area (Å²) in [5.74, 6) is 3.71. The van der Waals surface area contributed by atoms with Gasteiger partial charge in [0.2, 0.25) is 0 Å². The summed E-state index contributed by atoms with van der Waals surface area (Å²) in [6.07, 6.45) is 2.93. The lowest BCUT2D eigenvalue weighted by Gasteiger charge is -2.21. The van der Waals surface area contributed by atoms with Gasteiger partial charge in [-0.1, -0.05) is 18.2 Å². The van der Waals surface area contributed by atoms with E-state index in [1.165, 1.54) is 11.3 Å². The van der Waals surface area contributed by atoms with Crippen molar-refractivity contribution in [3.8, 4) is 0 Å². The Morgan fingerprint density at radius 1 is 1.36 bits per heavy atom. The maximum absolute atomic E-state index is 4.42. The second kappa shape index (κ2) is 10.0. The minimum absolute atomic E-state index is 0. The first kappa shape index (κ1) is 20.0. The molecule has 1 aromatic heterocycles. The van der Waals surface area contributed by atoms with Gasteiger partial charge in [-0.15, -0.1) is 45.9 Å². The Hall–Kier alpha value is -1.29. The predicted octanol–water partition coefficient (Wildman–Crippen LogP) is 2.62. The van der Waals surface area contributed by atoms with E-state index in [0.717, 1.165) is 30.6 Å². The predicted molar refractivity (Wildman–Crippen MR) is 113 cm³/mol. The highest BCUT2D eigenvalue weighted by Crippen LogP contribution is 2.25. The van der Waals surface area contributed by atoms with Crippen molar-refractivity contribution in [2.45, 2.75) is 17.9 Å². The first-order valence-corrected chi connectivity index (χ1v) is 9.21. The van der Waals surface area contributed by atoms with Gasteiger partial charge in [0.1, 0.15) is 6.33 Å². The number of halogens is 1. The molecule has 0 amide bonds. The van der Waals surface area contributed by atoms with E-state index in [4.69, 9.17) is 0 Å². The molecule has 1 aliphatic heterocycles. The number of thioether (sulfide) groups is 1. The van der Waals surface area contributed by atoms with Crippen LogP contribution in [0.1, 0.15) is 12.2 Å². The van der Waals surface area contributed by atoms with Crippen molar-refractivity contribution >= 4 is 41.7 Å². The fraction of sp³-hybridized carbons (Fsp3) is 0.471. The number of nitrogens with zero attached hydrogens (tertiary/aromatic N) is 5. The molecule has 3 rings (SSSR count). The lowest BCUT2D eigenvalue weighted by molar-refractivity contribution is 0.472. The topological polar surface area (TPSA) is 58.3 Å². The van der Waals surface area contributed by atoms with Crippen LogP contribution in [0.15, 0.2) is 46.5 Å². The highest BCUT2D eigenvalue weighted by atomic mass is 127. The average molecular weight is 472 g/mol. The zero-order valence-corrected chi connectivity index (χ0v) is 17.8. The first-order chi connectivity index (χ1) is 11.8. The van der Waals surface area contributed by atoms with Gasteiger partial charge in [-0.2, -0.15) is 0 Å². The van der Waals surface area contributed by atoms with Crippen molar-refractivity contribution in [1.29, 1.82) is 0 Å². The summed E-state index contributed by atoms with van der Waals surface area (Å²) >= 11 is 1.94. The maximum atomic E-state index is 4.42. The minimum Gasteiger partial charge on any atom is -0.349 e. The molecule has 2 aromatic rings. The molecule has 0 aliphatic carbocycles. The van der Waals surface area contributed by atoms with Gasteiger partial charge in [-0.3, -0.25) is 4.99 Å². The van der Waals surface area contributed by atoms with Crippen LogP contribution in [0.25, 0.3) is 0 Å². The number of guanidine groups is 1.